The zero-order valence-electron chi connectivity index (χ0n) is 9.29. The second kappa shape index (κ2) is 5.06. The molecule has 0 fully saturated rings. The van der Waals surface area contributed by atoms with Crippen LogP contribution in [0.4, 0.5) is 11.6 Å². The van der Waals surface area contributed by atoms with E-state index in [1.165, 1.54) is 4.80 Å². The molecule has 0 bridgehead atoms. The molecular formula is C10H12N6O. The number of hydrogen-bond acceptors (Lipinski definition) is 5. The van der Waals surface area contributed by atoms with E-state index in [1.807, 2.05) is 30.3 Å². The third-order valence-corrected chi connectivity index (χ3v) is 1.99. The lowest BCUT2D eigenvalue weighted by molar-refractivity contribution is -0.114. The Morgan fingerprint density at radius 1 is 1.35 bits per heavy atom. The fourth-order valence-electron chi connectivity index (χ4n) is 1.24. The van der Waals surface area contributed by atoms with Gasteiger partial charge >= 0.3 is 0 Å². The number of benzene rings is 1. The summed E-state index contributed by atoms with van der Waals surface area (Å²) in [4.78, 5) is 12.8. The number of nitrogens with one attached hydrogen (secondary N) is 2. The first-order valence-corrected chi connectivity index (χ1v) is 5.07. The van der Waals surface area contributed by atoms with Crippen molar-refractivity contribution in [2.45, 2.75) is 0 Å². The van der Waals surface area contributed by atoms with Gasteiger partial charge in [0.05, 0.1) is 13.6 Å². The number of hydrogen-bond donors (Lipinski definition) is 2. The Labute approximate surface area is 97.8 Å². The maximum atomic E-state index is 11.5. The van der Waals surface area contributed by atoms with Crippen LogP contribution in [0, 0.1) is 0 Å². The van der Waals surface area contributed by atoms with Crippen LogP contribution in [0.15, 0.2) is 30.3 Å². The molecule has 1 amide bonds. The molecule has 0 saturated carbocycles. The highest BCUT2D eigenvalue weighted by molar-refractivity contribution is 5.92. The number of amides is 1. The van der Waals surface area contributed by atoms with E-state index in [-0.39, 0.29) is 18.4 Å². The van der Waals surface area contributed by atoms with E-state index in [2.05, 4.69) is 26.0 Å². The van der Waals surface area contributed by atoms with Crippen molar-refractivity contribution < 1.29 is 4.79 Å². The molecule has 0 aliphatic heterocycles. The highest BCUT2D eigenvalue weighted by Crippen LogP contribution is 2.04. The number of carbonyl (C=O) groups excluding carboxylic acids is 1. The highest BCUT2D eigenvalue weighted by Gasteiger charge is 2.05. The van der Waals surface area contributed by atoms with E-state index in [4.69, 9.17) is 0 Å². The Morgan fingerprint density at radius 2 is 2.12 bits per heavy atom. The normalized spacial score (nSPS) is 9.94. The summed E-state index contributed by atoms with van der Waals surface area (Å²) in [5.74, 6) is -0.0192. The molecule has 0 aliphatic rings. The van der Waals surface area contributed by atoms with Gasteiger partial charge in [-0.05, 0) is 17.3 Å². The van der Waals surface area contributed by atoms with Gasteiger partial charge in [0.15, 0.2) is 0 Å². The van der Waals surface area contributed by atoms with Crippen molar-refractivity contribution in [1.82, 2.24) is 20.2 Å². The fourth-order valence-corrected chi connectivity index (χ4v) is 1.24. The lowest BCUT2D eigenvalue weighted by atomic mass is 10.3. The van der Waals surface area contributed by atoms with Crippen molar-refractivity contribution in [3.63, 3.8) is 0 Å². The fraction of sp³-hybridized carbons (Fsp3) is 0.200. The summed E-state index contributed by atoms with van der Waals surface area (Å²) >= 11 is 0. The molecule has 0 radical (unpaired) electrons. The first-order chi connectivity index (χ1) is 8.24. The Kier molecular flexibility index (Phi) is 3.29. The van der Waals surface area contributed by atoms with Crippen LogP contribution in [0.25, 0.3) is 0 Å². The first kappa shape index (κ1) is 11.1. The third kappa shape index (κ3) is 3.26. The van der Waals surface area contributed by atoms with Gasteiger partial charge in [-0.25, -0.2) is 0 Å². The summed E-state index contributed by atoms with van der Waals surface area (Å²) in [5.41, 5.74) is 0.884. The standard InChI is InChI=1S/C10H12N6O/c1-16-14-10(13-15-16)12-9(17)7-11-8-5-3-2-4-6-8/h2-6,11H,7H2,1H3,(H,12,14,17). The van der Waals surface area contributed by atoms with Crippen molar-refractivity contribution in [2.75, 3.05) is 17.2 Å². The quantitative estimate of drug-likeness (QED) is 0.789. The average Bonchev–Trinajstić information content (AvgIpc) is 2.73. The van der Waals surface area contributed by atoms with Gasteiger partial charge in [0.1, 0.15) is 0 Å². The maximum absolute atomic E-state index is 11.5. The van der Waals surface area contributed by atoms with Crippen LogP contribution in [-0.2, 0) is 11.8 Å². The minimum absolute atomic E-state index is 0.155. The summed E-state index contributed by atoms with van der Waals surface area (Å²) < 4.78 is 0. The Hall–Kier alpha value is -2.44. The molecule has 17 heavy (non-hydrogen) atoms. The van der Waals surface area contributed by atoms with Gasteiger partial charge in [-0.15, -0.1) is 5.10 Å². The van der Waals surface area contributed by atoms with Crippen LogP contribution in [-0.4, -0.2) is 32.7 Å². The summed E-state index contributed by atoms with van der Waals surface area (Å²) in [6, 6.07) is 9.46. The van der Waals surface area contributed by atoms with Crippen molar-refractivity contribution in [3.8, 4) is 0 Å². The van der Waals surface area contributed by atoms with Crippen LogP contribution < -0.4 is 10.6 Å². The largest absolute Gasteiger partial charge is 0.376 e. The van der Waals surface area contributed by atoms with E-state index in [0.717, 1.165) is 5.69 Å². The van der Waals surface area contributed by atoms with E-state index >= 15 is 0 Å². The molecule has 0 spiro atoms. The van der Waals surface area contributed by atoms with E-state index in [0.29, 0.717) is 0 Å². The number of aromatic nitrogens is 4. The van der Waals surface area contributed by atoms with E-state index in [1.54, 1.807) is 7.05 Å². The van der Waals surface area contributed by atoms with Crippen molar-refractivity contribution in [2.24, 2.45) is 7.05 Å². The van der Waals surface area contributed by atoms with Crippen LogP contribution in [0.5, 0.6) is 0 Å². The Balaban J connectivity index is 1.82. The molecule has 0 atom stereocenters. The van der Waals surface area contributed by atoms with Gasteiger partial charge < -0.3 is 5.32 Å². The van der Waals surface area contributed by atoms with Crippen molar-refractivity contribution >= 4 is 17.5 Å². The van der Waals surface area contributed by atoms with Crippen molar-refractivity contribution in [1.29, 1.82) is 0 Å². The Morgan fingerprint density at radius 3 is 2.76 bits per heavy atom. The molecule has 0 unspecified atom stereocenters. The molecule has 2 rings (SSSR count). The summed E-state index contributed by atoms with van der Waals surface area (Å²) in [6.45, 7) is 0.155. The van der Waals surface area contributed by atoms with E-state index in [9.17, 15) is 4.79 Å². The molecule has 2 N–H and O–H groups in total. The maximum Gasteiger partial charge on any atom is 0.270 e. The lowest BCUT2D eigenvalue weighted by Crippen LogP contribution is -2.22. The molecule has 1 heterocycles. The minimum atomic E-state index is -0.221. The number of rotatable bonds is 4. The number of nitrogens with zero attached hydrogens (tertiary/aromatic N) is 4. The van der Waals surface area contributed by atoms with Gasteiger partial charge in [0.25, 0.3) is 5.95 Å². The Bertz CT molecular complexity index is 495. The molecule has 7 nitrogen and oxygen atoms in total. The highest BCUT2D eigenvalue weighted by atomic mass is 16.2. The van der Waals surface area contributed by atoms with Gasteiger partial charge in [-0.2, -0.15) is 4.80 Å². The van der Waals surface area contributed by atoms with Gasteiger partial charge in [0, 0.05) is 5.69 Å². The molecule has 0 aliphatic carbocycles. The number of carbonyl (C=O) groups is 1. The van der Waals surface area contributed by atoms with Gasteiger partial charge in [-0.1, -0.05) is 23.3 Å². The third-order valence-electron chi connectivity index (χ3n) is 1.99. The van der Waals surface area contributed by atoms with Crippen LogP contribution in [0.2, 0.25) is 0 Å². The zero-order valence-corrected chi connectivity index (χ0v) is 9.29. The average molecular weight is 232 g/mol. The second-order valence-corrected chi connectivity index (χ2v) is 3.37. The number of anilines is 2. The zero-order chi connectivity index (χ0) is 12.1. The number of aryl methyl sites for hydroxylation is 1. The first-order valence-electron chi connectivity index (χ1n) is 5.07. The lowest BCUT2D eigenvalue weighted by Gasteiger charge is -2.04. The molecule has 1 aromatic carbocycles. The van der Waals surface area contributed by atoms with Crippen LogP contribution in [0.3, 0.4) is 0 Å². The monoisotopic (exact) mass is 232 g/mol. The summed E-state index contributed by atoms with van der Waals surface area (Å²) in [7, 11) is 1.63. The smallest absolute Gasteiger partial charge is 0.270 e. The predicted molar refractivity (Wildman–Crippen MR) is 62.4 cm³/mol. The minimum Gasteiger partial charge on any atom is -0.376 e. The SMILES string of the molecule is Cn1nnc(NC(=O)CNc2ccccc2)n1. The number of tetrazole rings is 1. The van der Waals surface area contributed by atoms with Crippen molar-refractivity contribution in [3.05, 3.63) is 30.3 Å². The van der Waals surface area contributed by atoms with E-state index < -0.39 is 0 Å². The predicted octanol–water partition coefficient (Wildman–Crippen LogP) is 0.261. The second-order valence-electron chi connectivity index (χ2n) is 3.37. The molecule has 88 valence electrons. The van der Waals surface area contributed by atoms with Crippen LogP contribution >= 0.6 is 0 Å². The van der Waals surface area contributed by atoms with Gasteiger partial charge in [-0.3, -0.25) is 10.1 Å². The topological polar surface area (TPSA) is 84.7 Å². The molecule has 0 saturated heterocycles. The number of para-hydroxylation sites is 1. The molecule has 2 aromatic rings. The van der Waals surface area contributed by atoms with Crippen LogP contribution in [0.1, 0.15) is 0 Å². The summed E-state index contributed by atoms with van der Waals surface area (Å²) in [5, 5.41) is 16.6. The summed E-state index contributed by atoms with van der Waals surface area (Å²) in [6.07, 6.45) is 0. The molecular weight excluding hydrogens is 220 g/mol. The van der Waals surface area contributed by atoms with Gasteiger partial charge in [0.2, 0.25) is 5.91 Å². The molecule has 7 heteroatoms. The molecule has 1 aromatic heterocycles.